The minimum atomic E-state index is -0.133. The number of hydrogen-bond donors (Lipinski definition) is 0. The molecule has 12 aromatic rings. The molecule has 2 aromatic heterocycles. The summed E-state index contributed by atoms with van der Waals surface area (Å²) in [5.41, 5.74) is 32.2. The Morgan fingerprint density at radius 2 is 0.727 bits per heavy atom. The zero-order valence-electron chi connectivity index (χ0n) is 54.6. The van der Waals surface area contributed by atoms with Crippen LogP contribution in [0.4, 0.5) is 17.1 Å². The van der Waals surface area contributed by atoms with Crippen LogP contribution in [0.2, 0.25) is 0 Å². The third-order valence-corrected chi connectivity index (χ3v) is 20.4. The maximum Gasteiger partial charge on any atom is 0.256 e. The minimum Gasteiger partial charge on any atom is -0.458 e. The maximum atomic E-state index is 7.80. The van der Waals surface area contributed by atoms with Gasteiger partial charge in [-0.2, -0.15) is 0 Å². The Bertz CT molecular complexity index is 5020. The smallest absolute Gasteiger partial charge is 0.256 e. The van der Waals surface area contributed by atoms with Crippen LogP contribution in [0.3, 0.4) is 0 Å². The number of anilines is 3. The van der Waals surface area contributed by atoms with Crippen molar-refractivity contribution >= 4 is 107 Å². The van der Waals surface area contributed by atoms with Crippen LogP contribution >= 0.6 is 0 Å². The van der Waals surface area contributed by atoms with Crippen molar-refractivity contribution in [2.75, 3.05) is 4.90 Å². The molecule has 16 rings (SSSR count). The highest BCUT2D eigenvalue weighted by atomic mass is 16.5. The van der Waals surface area contributed by atoms with E-state index in [0.717, 1.165) is 28.4 Å². The van der Waals surface area contributed by atoms with Crippen LogP contribution in [-0.2, 0) is 27.1 Å². The van der Waals surface area contributed by atoms with Gasteiger partial charge in [-0.3, -0.25) is 0 Å². The quantitative estimate of drug-likeness (QED) is 0.165. The molecule has 6 heteroatoms. The first-order chi connectivity index (χ1) is 41.6. The summed E-state index contributed by atoms with van der Waals surface area (Å²) in [5, 5.41) is 5.23. The lowest BCUT2D eigenvalue weighted by Crippen LogP contribution is -2.63. The van der Waals surface area contributed by atoms with Gasteiger partial charge < -0.3 is 18.8 Å². The normalized spacial score (nSPS) is 14.2. The second kappa shape index (κ2) is 18.1. The van der Waals surface area contributed by atoms with Gasteiger partial charge in [0.25, 0.3) is 13.4 Å². The van der Waals surface area contributed by atoms with E-state index in [0.29, 0.717) is 0 Å². The molecule has 0 N–H and O–H groups in total. The van der Waals surface area contributed by atoms with E-state index in [9.17, 15) is 0 Å². The Hall–Kier alpha value is -8.47. The van der Waals surface area contributed by atoms with Crippen LogP contribution in [0.5, 0.6) is 11.5 Å². The highest BCUT2D eigenvalue weighted by molar-refractivity contribution is 7.02. The topological polar surface area (TPSA) is 22.3 Å². The number of ether oxygens (including phenoxy) is 1. The third kappa shape index (κ3) is 8.05. The number of aromatic nitrogens is 2. The van der Waals surface area contributed by atoms with Gasteiger partial charge in [0, 0.05) is 67.1 Å². The summed E-state index contributed by atoms with van der Waals surface area (Å²) in [5.74, 6) is 1.82. The Morgan fingerprint density at radius 3 is 1.20 bits per heavy atom. The summed E-state index contributed by atoms with van der Waals surface area (Å²) in [6, 6.07) is 67.4. The van der Waals surface area contributed by atoms with Crippen LogP contribution < -0.4 is 42.4 Å². The van der Waals surface area contributed by atoms with Crippen LogP contribution in [0.15, 0.2) is 170 Å². The monoisotopic (exact) mass is 1140 g/mol. The molecule has 88 heavy (non-hydrogen) atoms. The van der Waals surface area contributed by atoms with Crippen molar-refractivity contribution < 1.29 is 4.74 Å². The Labute approximate surface area is 521 Å². The number of benzene rings is 10. The molecule has 0 atom stereocenters. The van der Waals surface area contributed by atoms with Gasteiger partial charge in [0.05, 0.1) is 11.0 Å². The Morgan fingerprint density at radius 1 is 0.307 bits per heavy atom. The number of aryl methyl sites for hydroxylation is 2. The molecule has 10 aromatic carbocycles. The Kier molecular flexibility index (Phi) is 11.3. The molecule has 4 nitrogen and oxygen atoms in total. The molecule has 0 bridgehead atoms. The van der Waals surface area contributed by atoms with Crippen LogP contribution in [0.25, 0.3) is 77.2 Å². The van der Waals surface area contributed by atoms with E-state index in [4.69, 9.17) is 4.74 Å². The summed E-state index contributed by atoms with van der Waals surface area (Å²) < 4.78 is 13.1. The molecule has 0 saturated carbocycles. The summed E-state index contributed by atoms with van der Waals surface area (Å²) in [6.07, 6.45) is 0. The highest BCUT2D eigenvalue weighted by Crippen LogP contribution is 2.48. The SMILES string of the molecule is Cc1ccc(-c2cc3c4c(c2)-n2c5ccc(C(C)(C)C)cc5c5cc(C(C)(C)C)cc(c52)B4c2cc4c(cc2O3)N(c2ccc(C(C)(C)C)cc2)c2cc(-c3ccc(C)cc3)cc3c2B4c2cc(C(C)(C)C)cc4c5cc(C(C)(C)C)ccc5n-3c24)cc1. The van der Waals surface area contributed by atoms with E-state index < -0.39 is 0 Å². The summed E-state index contributed by atoms with van der Waals surface area (Å²) in [7, 11) is 0. The van der Waals surface area contributed by atoms with Gasteiger partial charge in [0.15, 0.2) is 0 Å². The largest absolute Gasteiger partial charge is 0.458 e. The van der Waals surface area contributed by atoms with E-state index in [1.54, 1.807) is 0 Å². The van der Waals surface area contributed by atoms with E-state index in [2.05, 4.69) is 302 Å². The van der Waals surface area contributed by atoms with E-state index >= 15 is 0 Å². The highest BCUT2D eigenvalue weighted by Gasteiger charge is 2.48. The van der Waals surface area contributed by atoms with Gasteiger partial charge in [-0.1, -0.05) is 206 Å². The molecule has 0 unspecified atom stereocenters. The average Bonchev–Trinajstić information content (AvgIpc) is 1.19. The minimum absolute atomic E-state index is 0.0248. The lowest BCUT2D eigenvalue weighted by Gasteiger charge is -2.42. The van der Waals surface area contributed by atoms with Gasteiger partial charge >= 0.3 is 0 Å². The molecule has 0 radical (unpaired) electrons. The van der Waals surface area contributed by atoms with Gasteiger partial charge in [-0.15, -0.1) is 0 Å². The summed E-state index contributed by atoms with van der Waals surface area (Å²) >= 11 is 0. The molecule has 4 aliphatic rings. The standard InChI is InChI=1S/C82H79B2N3O/c1-46-18-22-48(23-19-46)50-34-69-74-70(35-50)86-66-32-28-53(79(6,7)8)38-58(66)60-40-55(81(12,13)14)42-64(76(60)86)83(74)62-44-63-72(45-68(62)85(69)57-30-26-52(27-31-57)78(3,4)5)88-73-37-51(49-24-20-47(2)21-25-49)36-71-75(73)84(63)65-43-56(82(15,16)17)41-61-59-39-54(80(9,10)11)29-33-67(59)87(71)77(61)65/h18-45H,1-17H3. The lowest BCUT2D eigenvalue weighted by molar-refractivity contribution is 0.487. The van der Waals surface area contributed by atoms with Gasteiger partial charge in [-0.05, 0) is 197 Å². The van der Waals surface area contributed by atoms with Gasteiger partial charge in [-0.25, -0.2) is 0 Å². The van der Waals surface area contributed by atoms with Crippen molar-refractivity contribution in [3.63, 3.8) is 0 Å². The number of nitrogens with zero attached hydrogens (tertiary/aromatic N) is 3. The molecule has 434 valence electrons. The zero-order valence-corrected chi connectivity index (χ0v) is 54.6. The van der Waals surface area contributed by atoms with Gasteiger partial charge in [0.2, 0.25) is 0 Å². The number of hydrogen-bond acceptors (Lipinski definition) is 2. The first kappa shape index (κ1) is 54.9. The van der Waals surface area contributed by atoms with Crippen molar-refractivity contribution in [2.45, 2.75) is 145 Å². The summed E-state index contributed by atoms with van der Waals surface area (Å²) in [4.78, 5) is 2.60. The second-order valence-corrected chi connectivity index (χ2v) is 31.7. The van der Waals surface area contributed by atoms with E-state index in [-0.39, 0.29) is 40.5 Å². The van der Waals surface area contributed by atoms with Gasteiger partial charge in [0.1, 0.15) is 11.5 Å². The van der Waals surface area contributed by atoms with Crippen LogP contribution in [0, 0.1) is 13.8 Å². The van der Waals surface area contributed by atoms with E-state index in [1.165, 1.54) is 149 Å². The first-order valence-electron chi connectivity index (χ1n) is 32.1. The van der Waals surface area contributed by atoms with E-state index in [1.807, 2.05) is 0 Å². The molecule has 0 amide bonds. The Balaban J connectivity index is 1.06. The van der Waals surface area contributed by atoms with Crippen molar-refractivity contribution in [2.24, 2.45) is 0 Å². The fourth-order valence-corrected chi connectivity index (χ4v) is 15.3. The predicted octanol–water partition coefficient (Wildman–Crippen LogP) is 17.9. The molecular weight excluding hydrogens is 1060 g/mol. The molecule has 6 heterocycles. The van der Waals surface area contributed by atoms with Crippen LogP contribution in [0.1, 0.15) is 143 Å². The fraction of sp³-hybridized carbons (Fsp3) is 0.268. The maximum absolute atomic E-state index is 7.80. The van der Waals surface area contributed by atoms with Crippen molar-refractivity contribution in [1.29, 1.82) is 0 Å². The van der Waals surface area contributed by atoms with Crippen molar-refractivity contribution in [3.05, 3.63) is 209 Å². The molecule has 0 saturated heterocycles. The number of rotatable bonds is 3. The second-order valence-electron chi connectivity index (χ2n) is 31.7. The average molecular weight is 1140 g/mol. The molecular formula is C82H79B2N3O. The molecule has 0 fully saturated rings. The zero-order chi connectivity index (χ0) is 61.4. The molecule has 4 aliphatic heterocycles. The van der Waals surface area contributed by atoms with Crippen LogP contribution in [-0.4, -0.2) is 22.6 Å². The fourth-order valence-electron chi connectivity index (χ4n) is 15.3. The lowest BCUT2D eigenvalue weighted by atomic mass is 9.30. The van der Waals surface area contributed by atoms with Crippen molar-refractivity contribution in [1.82, 2.24) is 9.13 Å². The third-order valence-electron chi connectivity index (χ3n) is 20.4. The van der Waals surface area contributed by atoms with Crippen molar-refractivity contribution in [3.8, 4) is 45.1 Å². The first-order valence-corrected chi connectivity index (χ1v) is 32.1. The number of fused-ring (bicyclic) bond motifs is 14. The molecule has 0 aliphatic carbocycles. The summed E-state index contributed by atoms with van der Waals surface area (Å²) in [6.45, 7) is 39.4. The predicted molar refractivity (Wildman–Crippen MR) is 379 cm³/mol. The molecule has 0 spiro atoms.